The van der Waals surface area contributed by atoms with E-state index in [-0.39, 0.29) is 18.4 Å². The van der Waals surface area contributed by atoms with Gasteiger partial charge in [-0.3, -0.25) is 9.59 Å². The van der Waals surface area contributed by atoms with Crippen LogP contribution in [0, 0.1) is 0 Å². The Bertz CT molecular complexity index is 752. The Kier molecular flexibility index (Phi) is 10.3. The number of carbonyl (C=O) groups is 2. The monoisotopic (exact) mass is 415 g/mol. The van der Waals surface area contributed by atoms with Crippen molar-refractivity contribution in [2.75, 3.05) is 13.1 Å². The molecular weight excluding hydrogens is 378 g/mol. The van der Waals surface area contributed by atoms with Gasteiger partial charge >= 0.3 is 0 Å². The van der Waals surface area contributed by atoms with Gasteiger partial charge in [-0.05, 0) is 37.1 Å². The maximum atomic E-state index is 13.2. The molecule has 0 N–H and O–H groups in total. The van der Waals surface area contributed by atoms with Gasteiger partial charge in [0.05, 0.1) is 25.9 Å². The number of nitrogens with zero attached hydrogens (tertiary/aromatic N) is 3. The first kappa shape index (κ1) is 23.8. The lowest BCUT2D eigenvalue weighted by Gasteiger charge is -2.27. The third-order valence-corrected chi connectivity index (χ3v) is 5.39. The van der Waals surface area contributed by atoms with Crippen LogP contribution in [0.1, 0.15) is 70.2 Å². The molecule has 30 heavy (non-hydrogen) atoms. The Morgan fingerprint density at radius 2 is 1.73 bits per heavy atom. The molecule has 2 aromatic heterocycles. The summed E-state index contributed by atoms with van der Waals surface area (Å²) >= 11 is 0. The first-order valence-electron chi connectivity index (χ1n) is 11.2. The summed E-state index contributed by atoms with van der Waals surface area (Å²) in [6, 6.07) is 7.68. The number of unbranched alkanes of at least 4 members (excludes halogenated alkanes) is 4. The van der Waals surface area contributed by atoms with Crippen LogP contribution in [0.5, 0.6) is 0 Å². The number of carbonyl (C=O) groups excluding carboxylic acids is 2. The lowest BCUT2D eigenvalue weighted by molar-refractivity contribution is -0.141. The standard InChI is InChI=1S/C24H37N3O3/c1-4-6-8-9-14-23(28)26(16-7-5-2)20-24(29)27(19-22-13-11-17-30-22)18-21-12-10-15-25(21)3/h10-13,15,17H,4-9,14,16,18-20H2,1-3H3. The van der Waals surface area contributed by atoms with E-state index in [1.54, 1.807) is 16.1 Å². The fourth-order valence-electron chi connectivity index (χ4n) is 3.44. The maximum Gasteiger partial charge on any atom is 0.242 e. The highest BCUT2D eigenvalue weighted by atomic mass is 16.3. The van der Waals surface area contributed by atoms with E-state index in [1.165, 1.54) is 0 Å². The Morgan fingerprint density at radius 1 is 0.933 bits per heavy atom. The molecule has 0 atom stereocenters. The van der Waals surface area contributed by atoms with Crippen molar-refractivity contribution in [3.8, 4) is 0 Å². The van der Waals surface area contributed by atoms with Gasteiger partial charge in [0.2, 0.25) is 11.8 Å². The van der Waals surface area contributed by atoms with Crippen LogP contribution >= 0.6 is 0 Å². The van der Waals surface area contributed by atoms with Crippen LogP contribution in [0.15, 0.2) is 41.1 Å². The summed E-state index contributed by atoms with van der Waals surface area (Å²) in [5.74, 6) is 0.777. The predicted molar refractivity (Wildman–Crippen MR) is 119 cm³/mol. The highest BCUT2D eigenvalue weighted by Crippen LogP contribution is 2.13. The zero-order chi connectivity index (χ0) is 21.8. The molecule has 0 spiro atoms. The lowest BCUT2D eigenvalue weighted by Crippen LogP contribution is -2.43. The predicted octanol–water partition coefficient (Wildman–Crippen LogP) is 4.75. The zero-order valence-electron chi connectivity index (χ0n) is 18.8. The Balaban J connectivity index is 2.06. The summed E-state index contributed by atoms with van der Waals surface area (Å²) in [4.78, 5) is 29.6. The Labute approximate surface area is 180 Å². The van der Waals surface area contributed by atoms with Gasteiger partial charge in [-0.15, -0.1) is 0 Å². The second-order valence-corrected chi connectivity index (χ2v) is 7.92. The molecule has 2 rings (SSSR count). The fourth-order valence-corrected chi connectivity index (χ4v) is 3.44. The molecule has 0 aliphatic heterocycles. The van der Waals surface area contributed by atoms with Crippen LogP contribution < -0.4 is 0 Å². The Morgan fingerprint density at radius 3 is 2.37 bits per heavy atom. The second-order valence-electron chi connectivity index (χ2n) is 7.92. The van der Waals surface area contributed by atoms with E-state index in [0.717, 1.165) is 50.0 Å². The molecule has 166 valence electrons. The molecule has 6 nitrogen and oxygen atoms in total. The molecular formula is C24H37N3O3. The van der Waals surface area contributed by atoms with Gasteiger partial charge in [-0.1, -0.05) is 39.5 Å². The topological polar surface area (TPSA) is 58.7 Å². The minimum absolute atomic E-state index is 0.0504. The molecule has 0 saturated heterocycles. The maximum absolute atomic E-state index is 13.2. The second kappa shape index (κ2) is 12.9. The van der Waals surface area contributed by atoms with Crippen LogP contribution in [-0.4, -0.2) is 39.3 Å². The summed E-state index contributed by atoms with van der Waals surface area (Å²) in [5, 5.41) is 0. The molecule has 6 heteroatoms. The zero-order valence-corrected chi connectivity index (χ0v) is 18.8. The minimum Gasteiger partial charge on any atom is -0.467 e. The van der Waals surface area contributed by atoms with Crippen molar-refractivity contribution < 1.29 is 14.0 Å². The molecule has 2 heterocycles. The van der Waals surface area contributed by atoms with Crippen LogP contribution in [0.25, 0.3) is 0 Å². The third-order valence-electron chi connectivity index (χ3n) is 5.39. The summed E-state index contributed by atoms with van der Waals surface area (Å²) in [6.45, 7) is 5.89. The van der Waals surface area contributed by atoms with E-state index in [2.05, 4.69) is 13.8 Å². The average molecular weight is 416 g/mol. The van der Waals surface area contributed by atoms with E-state index >= 15 is 0 Å². The van der Waals surface area contributed by atoms with E-state index in [1.807, 2.05) is 42.1 Å². The number of aryl methyl sites for hydroxylation is 1. The summed E-state index contributed by atoms with van der Waals surface area (Å²) < 4.78 is 7.49. The summed E-state index contributed by atoms with van der Waals surface area (Å²) in [7, 11) is 1.97. The van der Waals surface area contributed by atoms with Crippen molar-refractivity contribution in [3.63, 3.8) is 0 Å². The van der Waals surface area contributed by atoms with E-state index < -0.39 is 0 Å². The van der Waals surface area contributed by atoms with Gasteiger partial charge in [0.25, 0.3) is 0 Å². The lowest BCUT2D eigenvalue weighted by atomic mass is 10.1. The number of furan rings is 1. The highest BCUT2D eigenvalue weighted by Gasteiger charge is 2.22. The number of hydrogen-bond donors (Lipinski definition) is 0. The quantitative estimate of drug-likeness (QED) is 0.419. The first-order valence-corrected chi connectivity index (χ1v) is 11.2. The van der Waals surface area contributed by atoms with Gasteiger partial charge in [0, 0.05) is 31.9 Å². The molecule has 0 bridgehead atoms. The minimum atomic E-state index is -0.0504. The highest BCUT2D eigenvalue weighted by molar-refractivity contribution is 5.84. The van der Waals surface area contributed by atoms with Crippen molar-refractivity contribution >= 4 is 11.8 Å². The fraction of sp³-hybridized carbons (Fsp3) is 0.583. The molecule has 0 aliphatic rings. The van der Waals surface area contributed by atoms with Crippen LogP contribution in [0.2, 0.25) is 0 Å². The van der Waals surface area contributed by atoms with Gasteiger partial charge in [-0.2, -0.15) is 0 Å². The molecule has 2 aromatic rings. The molecule has 0 radical (unpaired) electrons. The van der Waals surface area contributed by atoms with Crippen molar-refractivity contribution in [3.05, 3.63) is 48.2 Å². The van der Waals surface area contributed by atoms with Crippen molar-refractivity contribution in [1.29, 1.82) is 0 Å². The average Bonchev–Trinajstić information content (AvgIpc) is 3.39. The summed E-state index contributed by atoms with van der Waals surface area (Å²) in [6.07, 6.45) is 10.3. The first-order chi connectivity index (χ1) is 14.5. The smallest absolute Gasteiger partial charge is 0.242 e. The SMILES string of the molecule is CCCCCCC(=O)N(CCCC)CC(=O)N(Cc1ccco1)Cc1cccn1C. The Hall–Kier alpha value is -2.50. The summed E-state index contributed by atoms with van der Waals surface area (Å²) in [5.41, 5.74) is 1.04. The van der Waals surface area contributed by atoms with Crippen molar-refractivity contribution in [2.24, 2.45) is 7.05 Å². The van der Waals surface area contributed by atoms with Crippen molar-refractivity contribution in [1.82, 2.24) is 14.4 Å². The molecule has 0 aliphatic carbocycles. The van der Waals surface area contributed by atoms with Crippen molar-refractivity contribution in [2.45, 2.75) is 71.9 Å². The van der Waals surface area contributed by atoms with Gasteiger partial charge in [0.15, 0.2) is 0 Å². The van der Waals surface area contributed by atoms with Crippen LogP contribution in [0.3, 0.4) is 0 Å². The number of aromatic nitrogens is 1. The molecule has 0 aromatic carbocycles. The van der Waals surface area contributed by atoms with E-state index in [0.29, 0.717) is 26.1 Å². The van der Waals surface area contributed by atoms with E-state index in [4.69, 9.17) is 4.42 Å². The molecule has 0 unspecified atom stereocenters. The molecule has 0 saturated carbocycles. The van der Waals surface area contributed by atoms with Gasteiger partial charge in [-0.25, -0.2) is 0 Å². The van der Waals surface area contributed by atoms with E-state index in [9.17, 15) is 9.59 Å². The molecule has 0 fully saturated rings. The number of hydrogen-bond acceptors (Lipinski definition) is 3. The van der Waals surface area contributed by atoms with Crippen LogP contribution in [0.4, 0.5) is 0 Å². The van der Waals surface area contributed by atoms with Gasteiger partial charge < -0.3 is 18.8 Å². The van der Waals surface area contributed by atoms with Gasteiger partial charge in [0.1, 0.15) is 5.76 Å². The van der Waals surface area contributed by atoms with Crippen LogP contribution in [-0.2, 0) is 29.7 Å². The normalized spacial score (nSPS) is 10.9. The number of rotatable bonds is 14. The number of amides is 2. The molecule has 2 amide bonds. The third kappa shape index (κ3) is 7.73. The largest absolute Gasteiger partial charge is 0.467 e.